The van der Waals surface area contributed by atoms with Crippen molar-refractivity contribution in [2.75, 3.05) is 6.54 Å². The van der Waals surface area contributed by atoms with Gasteiger partial charge in [-0.1, -0.05) is 64.1 Å². The highest BCUT2D eigenvalue weighted by atomic mass is 16.2. The van der Waals surface area contributed by atoms with Gasteiger partial charge in [0.15, 0.2) is 5.82 Å². The number of rotatable bonds is 7. The first kappa shape index (κ1) is 26.4. The molecule has 1 aliphatic rings. The topological polar surface area (TPSA) is 106 Å². The quantitative estimate of drug-likeness (QED) is 0.520. The number of carbonyl (C=O) groups excluding carboxylic acids is 2. The van der Waals surface area contributed by atoms with E-state index >= 15 is 0 Å². The number of likely N-dealkylation sites (tertiary alicyclic amines) is 1. The van der Waals surface area contributed by atoms with E-state index in [1.165, 1.54) is 0 Å². The molecule has 1 aliphatic heterocycles. The molecular weight excluding hydrogens is 466 g/mol. The zero-order valence-electron chi connectivity index (χ0n) is 22.5. The van der Waals surface area contributed by atoms with Crippen LogP contribution in [0.5, 0.6) is 0 Å². The van der Waals surface area contributed by atoms with Gasteiger partial charge in [0.1, 0.15) is 12.1 Å². The average Bonchev–Trinajstić information content (AvgIpc) is 3.55. The van der Waals surface area contributed by atoms with E-state index in [9.17, 15) is 9.59 Å². The van der Waals surface area contributed by atoms with Gasteiger partial charge in [0.25, 0.3) is 0 Å². The van der Waals surface area contributed by atoms with E-state index in [-0.39, 0.29) is 29.2 Å². The van der Waals surface area contributed by atoms with Crippen molar-refractivity contribution in [2.45, 2.75) is 77.9 Å². The first-order chi connectivity index (χ1) is 17.6. The minimum Gasteiger partial charge on any atom is -0.348 e. The summed E-state index contributed by atoms with van der Waals surface area (Å²) in [6.07, 6.45) is 6.72. The number of nitrogens with one attached hydrogen (secondary N) is 1. The van der Waals surface area contributed by atoms with Gasteiger partial charge in [-0.3, -0.25) is 9.59 Å². The summed E-state index contributed by atoms with van der Waals surface area (Å²) in [5.74, 6) is 0.438. The van der Waals surface area contributed by atoms with Crippen molar-refractivity contribution < 1.29 is 9.59 Å². The van der Waals surface area contributed by atoms with Gasteiger partial charge in [-0.25, -0.2) is 14.6 Å². The first-order valence-electron chi connectivity index (χ1n) is 13.0. The van der Waals surface area contributed by atoms with Crippen molar-refractivity contribution in [1.29, 1.82) is 0 Å². The highest BCUT2D eigenvalue weighted by Gasteiger charge is 2.39. The van der Waals surface area contributed by atoms with Crippen molar-refractivity contribution >= 4 is 11.8 Å². The second-order valence-corrected chi connectivity index (χ2v) is 11.1. The molecule has 3 atom stereocenters. The lowest BCUT2D eigenvalue weighted by Gasteiger charge is -2.30. The Morgan fingerprint density at radius 2 is 1.73 bits per heavy atom. The molecule has 1 saturated heterocycles. The minimum atomic E-state index is -0.512. The summed E-state index contributed by atoms with van der Waals surface area (Å²) < 4.78 is 1.67. The first-order valence-corrected chi connectivity index (χ1v) is 13.0. The molecule has 9 heteroatoms. The molecule has 0 radical (unpaired) electrons. The van der Waals surface area contributed by atoms with E-state index in [2.05, 4.69) is 46.4 Å². The van der Waals surface area contributed by atoms with E-state index in [0.717, 1.165) is 23.2 Å². The van der Waals surface area contributed by atoms with Gasteiger partial charge >= 0.3 is 0 Å². The second kappa shape index (κ2) is 10.8. The molecule has 1 fully saturated rings. The molecule has 37 heavy (non-hydrogen) atoms. The van der Waals surface area contributed by atoms with Crippen LogP contribution >= 0.6 is 0 Å². The monoisotopic (exact) mass is 503 g/mol. The van der Waals surface area contributed by atoms with E-state index in [4.69, 9.17) is 0 Å². The molecule has 0 unspecified atom stereocenters. The van der Waals surface area contributed by atoms with E-state index in [0.29, 0.717) is 18.8 Å². The molecule has 2 amide bonds. The highest BCUT2D eigenvalue weighted by Crippen LogP contribution is 2.28. The van der Waals surface area contributed by atoms with Gasteiger partial charge in [-0.15, -0.1) is 5.10 Å². The lowest BCUT2D eigenvalue weighted by molar-refractivity contribution is -0.142. The van der Waals surface area contributed by atoms with Crippen LogP contribution in [-0.2, 0) is 15.0 Å². The Balaban J connectivity index is 1.45. The maximum Gasteiger partial charge on any atom is 0.248 e. The standard InChI is InChI=1S/C28H37N7O2/c1-18(2)24(35-17-23(32-33-35)28(4,5)6)27(37)34-16-7-9-22(34)26(36)31-19(3)20-10-12-21(13-11-20)25-29-14-8-15-30-25/h8,10-15,17-19,22,24H,7,9,16H2,1-6H3,(H,31,36)/t19-,22-,24-/m0/s1. The van der Waals surface area contributed by atoms with Crippen LogP contribution in [0, 0.1) is 5.92 Å². The van der Waals surface area contributed by atoms with Gasteiger partial charge in [0.05, 0.1) is 11.7 Å². The third-order valence-corrected chi connectivity index (χ3v) is 6.88. The number of amides is 2. The summed E-state index contributed by atoms with van der Waals surface area (Å²) >= 11 is 0. The molecule has 3 aromatic rings. The van der Waals surface area contributed by atoms with E-state index < -0.39 is 12.1 Å². The molecule has 0 aliphatic carbocycles. The van der Waals surface area contributed by atoms with Gasteiger partial charge in [0, 0.05) is 36.1 Å². The third-order valence-electron chi connectivity index (χ3n) is 6.88. The van der Waals surface area contributed by atoms with Crippen molar-refractivity contribution in [1.82, 2.24) is 35.2 Å². The SMILES string of the molecule is CC(C)[C@@H](C(=O)N1CCC[C@H]1C(=O)N[C@@H](C)c1ccc(-c2ncccn2)cc1)n1cc(C(C)(C)C)nn1. The zero-order chi connectivity index (χ0) is 26.7. The molecule has 4 rings (SSSR count). The van der Waals surface area contributed by atoms with Gasteiger partial charge in [0.2, 0.25) is 11.8 Å². The fourth-order valence-electron chi connectivity index (χ4n) is 4.70. The molecule has 0 bridgehead atoms. The molecule has 9 nitrogen and oxygen atoms in total. The number of aromatic nitrogens is 5. The highest BCUT2D eigenvalue weighted by molar-refractivity contribution is 5.90. The van der Waals surface area contributed by atoms with Crippen molar-refractivity contribution in [3.05, 3.63) is 60.2 Å². The van der Waals surface area contributed by atoms with E-state index in [1.54, 1.807) is 28.0 Å². The summed E-state index contributed by atoms with van der Waals surface area (Å²) in [5.41, 5.74) is 2.56. The predicted molar refractivity (Wildman–Crippen MR) is 141 cm³/mol. The van der Waals surface area contributed by atoms with Crippen molar-refractivity contribution in [2.24, 2.45) is 5.92 Å². The number of nitrogens with zero attached hydrogens (tertiary/aromatic N) is 6. The normalized spacial score (nSPS) is 17.6. The maximum atomic E-state index is 13.7. The summed E-state index contributed by atoms with van der Waals surface area (Å²) in [6, 6.07) is 8.42. The summed E-state index contributed by atoms with van der Waals surface area (Å²) in [6.45, 7) is 12.7. The average molecular weight is 504 g/mol. The second-order valence-electron chi connectivity index (χ2n) is 11.1. The van der Waals surface area contributed by atoms with Crippen molar-refractivity contribution in [3.63, 3.8) is 0 Å². The Kier molecular flexibility index (Phi) is 7.71. The maximum absolute atomic E-state index is 13.7. The molecule has 0 saturated carbocycles. The number of benzene rings is 1. The van der Waals surface area contributed by atoms with Gasteiger partial charge < -0.3 is 10.2 Å². The lowest BCUT2D eigenvalue weighted by Crippen LogP contribution is -2.49. The van der Waals surface area contributed by atoms with Crippen LogP contribution in [0.15, 0.2) is 48.9 Å². The number of hydrogen-bond acceptors (Lipinski definition) is 6. The molecule has 196 valence electrons. The molecular formula is C28H37N7O2. The summed E-state index contributed by atoms with van der Waals surface area (Å²) in [4.78, 5) is 37.4. The zero-order valence-corrected chi connectivity index (χ0v) is 22.5. The smallest absolute Gasteiger partial charge is 0.248 e. The van der Waals surface area contributed by atoms with Crippen LogP contribution < -0.4 is 5.32 Å². The van der Waals surface area contributed by atoms with Crippen molar-refractivity contribution in [3.8, 4) is 11.4 Å². The molecule has 1 aromatic carbocycles. The third kappa shape index (κ3) is 5.87. The Morgan fingerprint density at radius 3 is 2.32 bits per heavy atom. The molecule has 3 heterocycles. The molecule has 2 aromatic heterocycles. The van der Waals surface area contributed by atoms with Gasteiger partial charge in [-0.2, -0.15) is 0 Å². The van der Waals surface area contributed by atoms with Crippen LogP contribution in [0.3, 0.4) is 0 Å². The van der Waals surface area contributed by atoms with E-state index in [1.807, 2.05) is 51.2 Å². The fourth-order valence-corrected chi connectivity index (χ4v) is 4.70. The Morgan fingerprint density at radius 1 is 1.05 bits per heavy atom. The van der Waals surface area contributed by atoms with Crippen LogP contribution in [0.4, 0.5) is 0 Å². The summed E-state index contributed by atoms with van der Waals surface area (Å²) in [5, 5.41) is 11.7. The number of carbonyl (C=O) groups is 2. The summed E-state index contributed by atoms with van der Waals surface area (Å²) in [7, 11) is 0. The van der Waals surface area contributed by atoms with Crippen LogP contribution in [0.1, 0.15) is 77.7 Å². The fraction of sp³-hybridized carbons (Fsp3) is 0.500. The Bertz CT molecular complexity index is 1220. The Labute approximate surface area is 218 Å². The largest absolute Gasteiger partial charge is 0.348 e. The van der Waals surface area contributed by atoms with Crippen LogP contribution in [0.25, 0.3) is 11.4 Å². The van der Waals surface area contributed by atoms with Gasteiger partial charge in [-0.05, 0) is 37.3 Å². The molecule has 1 N–H and O–H groups in total. The van der Waals surface area contributed by atoms with Crippen LogP contribution in [0.2, 0.25) is 0 Å². The van der Waals surface area contributed by atoms with Crippen LogP contribution in [-0.4, -0.2) is 54.3 Å². The Hall–Kier alpha value is -3.62. The minimum absolute atomic E-state index is 0.00244. The predicted octanol–water partition coefficient (Wildman–Crippen LogP) is 4.10. The molecule has 0 spiro atoms. The lowest BCUT2D eigenvalue weighted by atomic mass is 9.93. The number of hydrogen-bond donors (Lipinski definition) is 1.